The van der Waals surface area contributed by atoms with Gasteiger partial charge in [0.05, 0.1) is 35.5 Å². The minimum Gasteiger partial charge on any atom is -0.497 e. The lowest BCUT2D eigenvalue weighted by molar-refractivity contribution is 0.356. The molecule has 1 heterocycles. The van der Waals surface area contributed by atoms with E-state index < -0.39 is 0 Å². The van der Waals surface area contributed by atoms with Gasteiger partial charge in [-0.3, -0.25) is 0 Å². The summed E-state index contributed by atoms with van der Waals surface area (Å²) in [5.74, 6) is 3.52. The molecule has 1 aromatic heterocycles. The first-order valence-corrected chi connectivity index (χ1v) is 11.2. The molecule has 33 heavy (non-hydrogen) atoms. The number of thiophene rings is 1. The molecule has 0 aliphatic carbocycles. The van der Waals surface area contributed by atoms with Crippen molar-refractivity contribution in [2.75, 3.05) is 35.5 Å². The smallest absolute Gasteiger partial charge is 0.168 e. The molecule has 0 saturated heterocycles. The summed E-state index contributed by atoms with van der Waals surface area (Å²) in [6.45, 7) is 0. The number of methoxy groups -OCH3 is 5. The largest absolute Gasteiger partial charge is 0.497 e. The molecular weight excluding hydrogens is 436 g/mol. The van der Waals surface area contributed by atoms with Gasteiger partial charge in [-0.1, -0.05) is 24.3 Å². The van der Waals surface area contributed by atoms with Gasteiger partial charge in [0, 0.05) is 27.1 Å². The lowest BCUT2D eigenvalue weighted by atomic mass is 9.93. The van der Waals surface area contributed by atoms with Gasteiger partial charge in [-0.15, -0.1) is 11.3 Å². The molecule has 0 unspecified atom stereocenters. The van der Waals surface area contributed by atoms with Gasteiger partial charge in [-0.2, -0.15) is 0 Å². The van der Waals surface area contributed by atoms with Gasteiger partial charge >= 0.3 is 0 Å². The van der Waals surface area contributed by atoms with Crippen LogP contribution in [-0.4, -0.2) is 35.5 Å². The SMILES string of the molecule is COc1ccc(-c2scc(-c3cccc(OC)c3OC)c2-c2cccc(OC)c2OC)cc1. The van der Waals surface area contributed by atoms with E-state index >= 15 is 0 Å². The van der Waals surface area contributed by atoms with E-state index in [0.29, 0.717) is 23.0 Å². The van der Waals surface area contributed by atoms with Gasteiger partial charge in [0.15, 0.2) is 23.0 Å². The van der Waals surface area contributed by atoms with Crippen molar-refractivity contribution in [2.24, 2.45) is 0 Å². The zero-order valence-corrected chi connectivity index (χ0v) is 20.1. The summed E-state index contributed by atoms with van der Waals surface area (Å²) in [6, 6.07) is 19.9. The summed E-state index contributed by atoms with van der Waals surface area (Å²) in [7, 11) is 8.27. The molecule has 6 heteroatoms. The fourth-order valence-electron chi connectivity index (χ4n) is 3.96. The molecule has 4 aromatic rings. The van der Waals surface area contributed by atoms with E-state index in [1.807, 2.05) is 48.5 Å². The molecule has 3 aromatic carbocycles. The third-order valence-electron chi connectivity index (χ3n) is 5.51. The fourth-order valence-corrected chi connectivity index (χ4v) is 5.05. The first-order valence-electron chi connectivity index (χ1n) is 10.3. The average molecular weight is 463 g/mol. The quantitative estimate of drug-likeness (QED) is 0.288. The number of ether oxygens (including phenoxy) is 5. The summed E-state index contributed by atoms with van der Waals surface area (Å²) >= 11 is 1.66. The average Bonchev–Trinajstić information content (AvgIpc) is 3.32. The summed E-state index contributed by atoms with van der Waals surface area (Å²) in [4.78, 5) is 1.10. The fraction of sp³-hybridized carbons (Fsp3) is 0.185. The van der Waals surface area contributed by atoms with E-state index in [1.54, 1.807) is 46.9 Å². The number of para-hydroxylation sites is 2. The Morgan fingerprint density at radius 1 is 0.545 bits per heavy atom. The topological polar surface area (TPSA) is 46.2 Å². The van der Waals surface area contributed by atoms with Crippen LogP contribution in [0.25, 0.3) is 32.7 Å². The highest BCUT2D eigenvalue weighted by atomic mass is 32.1. The molecule has 0 bridgehead atoms. The molecule has 0 amide bonds. The number of benzene rings is 3. The van der Waals surface area contributed by atoms with Gasteiger partial charge in [-0.05, 0) is 47.3 Å². The van der Waals surface area contributed by atoms with Crippen LogP contribution in [0.4, 0.5) is 0 Å². The van der Waals surface area contributed by atoms with Crippen molar-refractivity contribution in [3.05, 3.63) is 66.0 Å². The molecule has 4 rings (SSSR count). The predicted octanol–water partition coefficient (Wildman–Crippen LogP) is 6.79. The van der Waals surface area contributed by atoms with Crippen molar-refractivity contribution in [3.63, 3.8) is 0 Å². The normalized spacial score (nSPS) is 10.6. The third-order valence-corrected chi connectivity index (χ3v) is 6.54. The Morgan fingerprint density at radius 3 is 1.67 bits per heavy atom. The van der Waals surface area contributed by atoms with Gasteiger partial charge < -0.3 is 23.7 Å². The molecule has 0 N–H and O–H groups in total. The highest BCUT2D eigenvalue weighted by Crippen LogP contribution is 2.52. The number of hydrogen-bond acceptors (Lipinski definition) is 6. The molecule has 5 nitrogen and oxygen atoms in total. The zero-order valence-electron chi connectivity index (χ0n) is 19.3. The van der Waals surface area contributed by atoms with Crippen molar-refractivity contribution in [1.29, 1.82) is 0 Å². The predicted molar refractivity (Wildman–Crippen MR) is 133 cm³/mol. The van der Waals surface area contributed by atoms with Gasteiger partial charge in [0.2, 0.25) is 0 Å². The van der Waals surface area contributed by atoms with Crippen LogP contribution in [-0.2, 0) is 0 Å². The van der Waals surface area contributed by atoms with E-state index in [2.05, 4.69) is 17.5 Å². The minimum absolute atomic E-state index is 0.672. The number of hydrogen-bond donors (Lipinski definition) is 0. The molecule has 0 atom stereocenters. The summed E-state index contributed by atoms with van der Waals surface area (Å²) in [5.41, 5.74) is 5.01. The van der Waals surface area contributed by atoms with Crippen LogP contribution in [0.15, 0.2) is 66.0 Å². The maximum atomic E-state index is 5.81. The lowest BCUT2D eigenvalue weighted by Gasteiger charge is -2.17. The maximum absolute atomic E-state index is 5.81. The monoisotopic (exact) mass is 462 g/mol. The second-order valence-corrected chi connectivity index (χ2v) is 8.04. The summed E-state index contributed by atoms with van der Waals surface area (Å²) in [5, 5.41) is 2.14. The van der Waals surface area contributed by atoms with Crippen LogP contribution in [0, 0.1) is 0 Å². The van der Waals surface area contributed by atoms with E-state index in [9.17, 15) is 0 Å². The second kappa shape index (κ2) is 9.88. The Bertz CT molecular complexity index is 1240. The van der Waals surface area contributed by atoms with E-state index in [1.165, 1.54) is 0 Å². The highest BCUT2D eigenvalue weighted by molar-refractivity contribution is 7.14. The van der Waals surface area contributed by atoms with Crippen molar-refractivity contribution in [2.45, 2.75) is 0 Å². The van der Waals surface area contributed by atoms with Crippen LogP contribution in [0.5, 0.6) is 28.7 Å². The Balaban J connectivity index is 2.04. The Hall–Kier alpha value is -3.64. The Morgan fingerprint density at radius 2 is 1.12 bits per heavy atom. The summed E-state index contributed by atoms with van der Waals surface area (Å²) in [6.07, 6.45) is 0. The van der Waals surface area contributed by atoms with Gasteiger partial charge in [0.25, 0.3) is 0 Å². The Kier molecular flexibility index (Phi) is 6.75. The molecule has 0 saturated carbocycles. The minimum atomic E-state index is 0.672. The third kappa shape index (κ3) is 4.10. The first-order chi connectivity index (χ1) is 16.2. The van der Waals surface area contributed by atoms with Gasteiger partial charge in [-0.25, -0.2) is 0 Å². The van der Waals surface area contributed by atoms with E-state index in [4.69, 9.17) is 23.7 Å². The van der Waals surface area contributed by atoms with Crippen LogP contribution in [0.3, 0.4) is 0 Å². The molecule has 170 valence electrons. The van der Waals surface area contributed by atoms with Crippen molar-refractivity contribution in [3.8, 4) is 61.4 Å². The lowest BCUT2D eigenvalue weighted by Crippen LogP contribution is -1.96. The molecule has 0 fully saturated rings. The number of rotatable bonds is 8. The van der Waals surface area contributed by atoms with Crippen molar-refractivity contribution < 1.29 is 23.7 Å². The highest BCUT2D eigenvalue weighted by Gasteiger charge is 2.24. The summed E-state index contributed by atoms with van der Waals surface area (Å²) < 4.78 is 28.1. The Labute approximate surface area is 198 Å². The molecule has 0 spiro atoms. The first kappa shape index (κ1) is 22.6. The molecular formula is C27H26O5S. The van der Waals surface area contributed by atoms with E-state index in [-0.39, 0.29) is 0 Å². The second-order valence-electron chi connectivity index (χ2n) is 7.16. The van der Waals surface area contributed by atoms with Crippen LogP contribution >= 0.6 is 11.3 Å². The molecule has 0 aliphatic rings. The van der Waals surface area contributed by atoms with Crippen molar-refractivity contribution >= 4 is 11.3 Å². The van der Waals surface area contributed by atoms with Crippen LogP contribution < -0.4 is 23.7 Å². The van der Waals surface area contributed by atoms with Gasteiger partial charge in [0.1, 0.15) is 5.75 Å². The maximum Gasteiger partial charge on any atom is 0.168 e. The van der Waals surface area contributed by atoms with E-state index in [0.717, 1.165) is 38.4 Å². The van der Waals surface area contributed by atoms with Crippen LogP contribution in [0.2, 0.25) is 0 Å². The standard InChI is InChI=1S/C27H26O5S/c1-28-18-14-12-17(13-15-18)27-24(20-9-7-11-23(30-3)26(20)32-5)21(16-33-27)19-8-6-10-22(29-2)25(19)31-4/h6-16H,1-5H3. The zero-order chi connectivity index (χ0) is 23.4. The van der Waals surface area contributed by atoms with Crippen molar-refractivity contribution in [1.82, 2.24) is 0 Å². The molecule has 0 radical (unpaired) electrons. The molecule has 0 aliphatic heterocycles. The van der Waals surface area contributed by atoms with Crippen LogP contribution in [0.1, 0.15) is 0 Å².